The first-order valence-electron chi connectivity index (χ1n) is 9.56. The molecule has 148 valence electrons. The molecule has 0 spiro atoms. The van der Waals surface area contributed by atoms with Crippen LogP contribution in [0.1, 0.15) is 78.6 Å². The minimum absolute atomic E-state index is 1.04. The lowest BCUT2D eigenvalue weighted by molar-refractivity contribution is -0.910. The summed E-state index contributed by atoms with van der Waals surface area (Å²) in [4.78, 5) is 9.95. The van der Waals surface area contributed by atoms with Crippen LogP contribution in [0.25, 0.3) is 0 Å². The largest absolute Gasteiger partial charge is 0.756 e. The molecule has 0 amide bonds. The average Bonchev–Trinajstić information content (AvgIpc) is 2.56. The molecule has 0 aromatic carbocycles. The first-order valence-corrected chi connectivity index (χ1v) is 11.0. The number of phosphoric ester groups is 1. The molecule has 0 bridgehead atoms. The van der Waals surface area contributed by atoms with E-state index >= 15 is 0 Å². The van der Waals surface area contributed by atoms with Crippen molar-refractivity contribution in [2.75, 3.05) is 40.9 Å². The highest BCUT2D eigenvalue weighted by atomic mass is 31.2. The van der Waals surface area contributed by atoms with E-state index in [1.807, 2.05) is 0 Å². The number of unbranched alkanes of at least 4 members (excludes halogenated alkanes) is 6. The third-order valence-electron chi connectivity index (χ3n) is 4.35. The number of hydrogen-bond donors (Lipinski definition) is 0. The van der Waals surface area contributed by atoms with E-state index in [0.29, 0.717) is 0 Å². The van der Waals surface area contributed by atoms with E-state index in [2.05, 4.69) is 36.9 Å². The molecular formula is C18H42NO4P. The molecule has 0 aliphatic heterocycles. The summed E-state index contributed by atoms with van der Waals surface area (Å²) in [5.41, 5.74) is 0. The summed E-state index contributed by atoms with van der Waals surface area (Å²) in [5.74, 6) is 0. The summed E-state index contributed by atoms with van der Waals surface area (Å²) >= 11 is 0. The molecule has 0 fully saturated rings. The van der Waals surface area contributed by atoms with Gasteiger partial charge in [0.2, 0.25) is 0 Å². The van der Waals surface area contributed by atoms with E-state index in [1.54, 1.807) is 0 Å². The summed E-state index contributed by atoms with van der Waals surface area (Å²) in [6.07, 6.45) is 12.6. The van der Waals surface area contributed by atoms with Crippen molar-refractivity contribution in [1.82, 2.24) is 0 Å². The fourth-order valence-electron chi connectivity index (χ4n) is 2.64. The molecule has 0 aromatic rings. The number of rotatable bonds is 14. The minimum atomic E-state index is -3.90. The molecule has 0 aliphatic carbocycles. The molecule has 0 aliphatic rings. The predicted octanol–water partition coefficient (Wildman–Crippen LogP) is 4.75. The van der Waals surface area contributed by atoms with Crippen molar-refractivity contribution in [3.63, 3.8) is 0 Å². The lowest BCUT2D eigenvalue weighted by Crippen LogP contribution is -2.46. The van der Waals surface area contributed by atoms with Crippen LogP contribution in [-0.2, 0) is 13.6 Å². The van der Waals surface area contributed by atoms with Gasteiger partial charge in [0.1, 0.15) is 0 Å². The fourth-order valence-corrected chi connectivity index (χ4v) is 2.79. The molecule has 0 aromatic heterocycles. The summed E-state index contributed by atoms with van der Waals surface area (Å²) in [6, 6.07) is 0. The quantitative estimate of drug-likeness (QED) is 0.252. The summed E-state index contributed by atoms with van der Waals surface area (Å²) < 4.78 is 19.0. The average molecular weight is 368 g/mol. The van der Waals surface area contributed by atoms with Gasteiger partial charge in [0.05, 0.1) is 26.7 Å². The van der Waals surface area contributed by atoms with E-state index in [4.69, 9.17) is 0 Å². The monoisotopic (exact) mass is 367 g/mol. The maximum atomic E-state index is 9.95. The van der Waals surface area contributed by atoms with Gasteiger partial charge < -0.3 is 18.4 Å². The van der Waals surface area contributed by atoms with Crippen molar-refractivity contribution >= 4 is 7.82 Å². The molecule has 0 saturated carbocycles. The summed E-state index contributed by atoms with van der Waals surface area (Å²) in [6.45, 7) is 11.1. The minimum Gasteiger partial charge on any atom is -0.756 e. The van der Waals surface area contributed by atoms with Crippen molar-refractivity contribution in [2.45, 2.75) is 78.6 Å². The first kappa shape index (κ1) is 26.3. The highest BCUT2D eigenvalue weighted by Gasteiger charge is 2.19. The zero-order valence-corrected chi connectivity index (χ0v) is 17.9. The Morgan fingerprint density at radius 2 is 1.04 bits per heavy atom. The standard InChI is InChI=1S/C16H36N.C2H7O4P/c1-5-8-11-14-17(4,15-12-9-6-2)16-13-10-7-3;1-5-7(3,4)6-2/h5-16H2,1-4H3;1-2H3,(H,3,4)/q+1;/p-1. The first-order chi connectivity index (χ1) is 11.3. The molecule has 0 rings (SSSR count). The van der Waals surface area contributed by atoms with Crippen LogP contribution in [0, 0.1) is 0 Å². The predicted molar refractivity (Wildman–Crippen MR) is 101 cm³/mol. The Kier molecular flexibility index (Phi) is 18.1. The number of nitrogens with zero attached hydrogens (tertiary/aromatic N) is 1. The van der Waals surface area contributed by atoms with Gasteiger partial charge in [-0.1, -0.05) is 40.0 Å². The van der Waals surface area contributed by atoms with Gasteiger partial charge in [-0.2, -0.15) is 0 Å². The second-order valence-corrected chi connectivity index (χ2v) is 8.35. The molecule has 0 unspecified atom stereocenters. The summed E-state index contributed by atoms with van der Waals surface area (Å²) in [5, 5.41) is 0. The lowest BCUT2D eigenvalue weighted by atomic mass is 10.1. The van der Waals surface area contributed by atoms with Crippen molar-refractivity contribution in [2.24, 2.45) is 0 Å². The van der Waals surface area contributed by atoms with E-state index in [9.17, 15) is 9.46 Å². The Labute approximate surface area is 150 Å². The Hall–Kier alpha value is 0.0700. The van der Waals surface area contributed by atoms with Crippen LogP contribution in [0.4, 0.5) is 0 Å². The van der Waals surface area contributed by atoms with Gasteiger partial charge in [-0.3, -0.25) is 4.57 Å². The molecular weight excluding hydrogens is 325 g/mol. The number of phosphoric acid groups is 1. The number of quaternary nitrogens is 1. The molecule has 0 N–H and O–H groups in total. The molecule has 24 heavy (non-hydrogen) atoms. The van der Waals surface area contributed by atoms with Crippen LogP contribution in [0.15, 0.2) is 0 Å². The van der Waals surface area contributed by atoms with Gasteiger partial charge in [-0.15, -0.1) is 0 Å². The highest BCUT2D eigenvalue weighted by Crippen LogP contribution is 2.34. The Morgan fingerprint density at radius 3 is 1.21 bits per heavy atom. The zero-order chi connectivity index (χ0) is 18.9. The van der Waals surface area contributed by atoms with E-state index < -0.39 is 7.82 Å². The highest BCUT2D eigenvalue weighted by molar-refractivity contribution is 7.45. The van der Waals surface area contributed by atoms with Gasteiger partial charge in [0.15, 0.2) is 0 Å². The van der Waals surface area contributed by atoms with Gasteiger partial charge in [-0.25, -0.2) is 0 Å². The van der Waals surface area contributed by atoms with Gasteiger partial charge in [0, 0.05) is 14.2 Å². The van der Waals surface area contributed by atoms with Crippen molar-refractivity contribution in [3.8, 4) is 0 Å². The molecule has 0 atom stereocenters. The second-order valence-electron chi connectivity index (χ2n) is 6.72. The second kappa shape index (κ2) is 16.5. The maximum Gasteiger partial charge on any atom is 0.267 e. The number of hydrogen-bond acceptors (Lipinski definition) is 4. The Morgan fingerprint density at radius 1 is 0.750 bits per heavy atom. The molecule has 0 heterocycles. The third-order valence-corrected chi connectivity index (χ3v) is 5.25. The molecule has 5 nitrogen and oxygen atoms in total. The van der Waals surface area contributed by atoms with Crippen LogP contribution < -0.4 is 4.89 Å². The van der Waals surface area contributed by atoms with Gasteiger partial charge >= 0.3 is 0 Å². The van der Waals surface area contributed by atoms with Crippen molar-refractivity contribution in [3.05, 3.63) is 0 Å². The smallest absolute Gasteiger partial charge is 0.267 e. The summed E-state index contributed by atoms with van der Waals surface area (Å²) in [7, 11) is 0.661. The zero-order valence-electron chi connectivity index (χ0n) is 17.0. The van der Waals surface area contributed by atoms with Crippen LogP contribution in [0.3, 0.4) is 0 Å². The normalized spacial score (nSPS) is 12.0. The van der Waals surface area contributed by atoms with E-state index in [1.165, 1.54) is 81.9 Å². The Bertz CT molecular complexity index is 279. The van der Waals surface area contributed by atoms with Crippen LogP contribution >= 0.6 is 7.82 Å². The third kappa shape index (κ3) is 16.9. The topological polar surface area (TPSA) is 58.6 Å². The van der Waals surface area contributed by atoms with Gasteiger partial charge in [-0.05, 0) is 38.5 Å². The van der Waals surface area contributed by atoms with Crippen molar-refractivity contribution in [1.29, 1.82) is 0 Å². The molecule has 0 saturated heterocycles. The maximum absolute atomic E-state index is 9.95. The Balaban J connectivity index is 0. The lowest BCUT2D eigenvalue weighted by Gasteiger charge is -2.35. The van der Waals surface area contributed by atoms with Crippen molar-refractivity contribution < 1.29 is 23.0 Å². The molecule has 0 radical (unpaired) electrons. The van der Waals surface area contributed by atoms with Crippen LogP contribution in [-0.4, -0.2) is 45.4 Å². The van der Waals surface area contributed by atoms with Crippen LogP contribution in [0.2, 0.25) is 0 Å². The fraction of sp³-hybridized carbons (Fsp3) is 1.00. The SMILES string of the molecule is CCCCC[N+](C)(CCCCC)CCCCC.COP(=O)([O-])OC. The van der Waals surface area contributed by atoms with E-state index in [-0.39, 0.29) is 0 Å². The van der Waals surface area contributed by atoms with Crippen LogP contribution in [0.5, 0.6) is 0 Å². The van der Waals surface area contributed by atoms with E-state index in [0.717, 1.165) is 14.2 Å². The molecule has 6 heteroatoms. The van der Waals surface area contributed by atoms with Gasteiger partial charge in [0.25, 0.3) is 7.82 Å².